The SMILES string of the molecule is Cc1nc(SC(C)C(=O)Nc2ccc(Cl)cc2)n(CC2CCCO2)c1C. The second-order valence-electron chi connectivity index (χ2n) is 6.57. The lowest BCUT2D eigenvalue weighted by atomic mass is 10.2. The summed E-state index contributed by atoms with van der Waals surface area (Å²) in [7, 11) is 0. The number of hydrogen-bond donors (Lipinski definition) is 1. The van der Waals surface area contributed by atoms with E-state index >= 15 is 0 Å². The molecule has 2 aromatic rings. The number of aromatic nitrogens is 2. The third kappa shape index (κ3) is 4.61. The van der Waals surface area contributed by atoms with Crippen molar-refractivity contribution in [2.24, 2.45) is 0 Å². The molecule has 26 heavy (non-hydrogen) atoms. The number of benzene rings is 1. The molecule has 1 aromatic carbocycles. The highest BCUT2D eigenvalue weighted by atomic mass is 35.5. The summed E-state index contributed by atoms with van der Waals surface area (Å²) in [5, 5.41) is 4.17. The molecule has 5 nitrogen and oxygen atoms in total. The molecule has 0 aliphatic carbocycles. The van der Waals surface area contributed by atoms with E-state index in [1.807, 2.05) is 13.8 Å². The first-order valence-electron chi connectivity index (χ1n) is 8.82. The number of imidazole rings is 1. The van der Waals surface area contributed by atoms with Crippen molar-refractivity contribution < 1.29 is 9.53 Å². The van der Waals surface area contributed by atoms with Crippen molar-refractivity contribution in [3.63, 3.8) is 0 Å². The molecule has 1 amide bonds. The molecular formula is C19H24ClN3O2S. The number of anilines is 1. The van der Waals surface area contributed by atoms with Crippen LogP contribution in [0.3, 0.4) is 0 Å². The van der Waals surface area contributed by atoms with Gasteiger partial charge < -0.3 is 14.6 Å². The summed E-state index contributed by atoms with van der Waals surface area (Å²) in [4.78, 5) is 17.2. The van der Waals surface area contributed by atoms with Gasteiger partial charge in [-0.2, -0.15) is 0 Å². The van der Waals surface area contributed by atoms with Crippen LogP contribution in [0.2, 0.25) is 5.02 Å². The molecule has 3 rings (SSSR count). The van der Waals surface area contributed by atoms with Crippen molar-refractivity contribution >= 4 is 35.0 Å². The molecule has 1 aromatic heterocycles. The molecule has 0 radical (unpaired) electrons. The van der Waals surface area contributed by atoms with Crippen LogP contribution < -0.4 is 5.32 Å². The van der Waals surface area contributed by atoms with Gasteiger partial charge in [0.2, 0.25) is 5.91 Å². The predicted molar refractivity (Wildman–Crippen MR) is 106 cm³/mol. The molecule has 140 valence electrons. The minimum Gasteiger partial charge on any atom is -0.376 e. The van der Waals surface area contributed by atoms with Crippen LogP contribution in [0.25, 0.3) is 0 Å². The monoisotopic (exact) mass is 393 g/mol. The first-order chi connectivity index (χ1) is 12.4. The third-order valence-corrected chi connectivity index (χ3v) is 5.94. The van der Waals surface area contributed by atoms with E-state index in [0.717, 1.165) is 48.2 Å². The maximum Gasteiger partial charge on any atom is 0.237 e. The second kappa shape index (κ2) is 8.46. The molecule has 1 fully saturated rings. The first kappa shape index (κ1) is 19.3. The van der Waals surface area contributed by atoms with E-state index in [-0.39, 0.29) is 17.3 Å². The van der Waals surface area contributed by atoms with Gasteiger partial charge >= 0.3 is 0 Å². The molecule has 1 N–H and O–H groups in total. The lowest BCUT2D eigenvalue weighted by Crippen LogP contribution is -2.23. The number of amides is 1. The van der Waals surface area contributed by atoms with Crippen LogP contribution in [-0.4, -0.2) is 33.4 Å². The van der Waals surface area contributed by atoms with Crippen molar-refractivity contribution in [3.05, 3.63) is 40.7 Å². The van der Waals surface area contributed by atoms with E-state index in [1.54, 1.807) is 24.3 Å². The second-order valence-corrected chi connectivity index (χ2v) is 8.31. The van der Waals surface area contributed by atoms with Crippen molar-refractivity contribution in [2.75, 3.05) is 11.9 Å². The number of nitrogens with one attached hydrogen (secondary N) is 1. The summed E-state index contributed by atoms with van der Waals surface area (Å²) in [5.41, 5.74) is 2.87. The van der Waals surface area contributed by atoms with E-state index in [0.29, 0.717) is 5.02 Å². The number of thioether (sulfide) groups is 1. The fourth-order valence-electron chi connectivity index (χ4n) is 2.91. The number of halogens is 1. The van der Waals surface area contributed by atoms with Gasteiger partial charge in [-0.05, 0) is 57.9 Å². The Bertz CT molecular complexity index is 770. The lowest BCUT2D eigenvalue weighted by molar-refractivity contribution is -0.115. The van der Waals surface area contributed by atoms with Crippen LogP contribution in [0, 0.1) is 13.8 Å². The van der Waals surface area contributed by atoms with Gasteiger partial charge in [0.15, 0.2) is 5.16 Å². The molecule has 1 saturated heterocycles. The Hall–Kier alpha value is -1.50. The van der Waals surface area contributed by atoms with E-state index in [9.17, 15) is 4.79 Å². The fraction of sp³-hybridized carbons (Fsp3) is 0.474. The molecule has 2 heterocycles. The summed E-state index contributed by atoms with van der Waals surface area (Å²) in [6.45, 7) is 7.59. The van der Waals surface area contributed by atoms with E-state index in [2.05, 4.69) is 21.8 Å². The maximum absolute atomic E-state index is 12.5. The summed E-state index contributed by atoms with van der Waals surface area (Å²) < 4.78 is 7.95. The van der Waals surface area contributed by atoms with Crippen LogP contribution in [-0.2, 0) is 16.1 Å². The van der Waals surface area contributed by atoms with Crippen molar-refractivity contribution in [1.82, 2.24) is 9.55 Å². The van der Waals surface area contributed by atoms with Crippen LogP contribution in [0.4, 0.5) is 5.69 Å². The molecule has 2 atom stereocenters. The molecule has 0 saturated carbocycles. The number of carbonyl (C=O) groups is 1. The van der Waals surface area contributed by atoms with Gasteiger partial charge in [0, 0.05) is 23.0 Å². The highest BCUT2D eigenvalue weighted by Gasteiger charge is 2.23. The largest absolute Gasteiger partial charge is 0.376 e. The van der Waals surface area contributed by atoms with Gasteiger partial charge in [0.1, 0.15) is 0 Å². The summed E-state index contributed by atoms with van der Waals surface area (Å²) in [5.74, 6) is -0.0562. The smallest absolute Gasteiger partial charge is 0.237 e. The predicted octanol–water partition coefficient (Wildman–Crippen LogP) is 4.45. The molecule has 2 unspecified atom stereocenters. The Morgan fingerprint density at radius 3 is 2.81 bits per heavy atom. The summed E-state index contributed by atoms with van der Waals surface area (Å²) in [6.07, 6.45) is 2.42. The number of nitrogens with zero attached hydrogens (tertiary/aromatic N) is 2. The standard InChI is InChI=1S/C19H24ClN3O2S/c1-12-13(2)23(11-17-5-4-10-25-17)19(21-12)26-14(3)18(24)22-16-8-6-15(20)7-9-16/h6-9,14,17H,4-5,10-11H2,1-3H3,(H,22,24). The van der Waals surface area contributed by atoms with Crippen LogP contribution in [0.15, 0.2) is 29.4 Å². The van der Waals surface area contributed by atoms with E-state index in [4.69, 9.17) is 16.3 Å². The topological polar surface area (TPSA) is 56.2 Å². The lowest BCUT2D eigenvalue weighted by Gasteiger charge is -2.16. The summed E-state index contributed by atoms with van der Waals surface area (Å²) in [6, 6.07) is 7.11. The minimum atomic E-state index is -0.268. The van der Waals surface area contributed by atoms with E-state index < -0.39 is 0 Å². The summed E-state index contributed by atoms with van der Waals surface area (Å²) >= 11 is 7.36. The van der Waals surface area contributed by atoms with Crippen LogP contribution in [0.5, 0.6) is 0 Å². The Kier molecular flexibility index (Phi) is 6.27. The average molecular weight is 394 g/mol. The number of ether oxygens (including phenoxy) is 1. The Morgan fingerprint density at radius 1 is 1.42 bits per heavy atom. The Labute approximate surface area is 163 Å². The van der Waals surface area contributed by atoms with Gasteiger partial charge in [-0.15, -0.1) is 0 Å². The number of aryl methyl sites for hydroxylation is 1. The van der Waals surface area contributed by atoms with Gasteiger partial charge in [-0.3, -0.25) is 4.79 Å². The van der Waals surface area contributed by atoms with Crippen molar-refractivity contribution in [1.29, 1.82) is 0 Å². The maximum atomic E-state index is 12.5. The number of carbonyl (C=O) groups excluding carboxylic acids is 1. The molecule has 0 spiro atoms. The highest BCUT2D eigenvalue weighted by Crippen LogP contribution is 2.28. The van der Waals surface area contributed by atoms with Gasteiger partial charge in [0.05, 0.1) is 23.6 Å². The van der Waals surface area contributed by atoms with Crippen molar-refractivity contribution in [2.45, 2.75) is 56.7 Å². The van der Waals surface area contributed by atoms with Gasteiger partial charge in [-0.25, -0.2) is 4.98 Å². The van der Waals surface area contributed by atoms with Crippen molar-refractivity contribution in [3.8, 4) is 0 Å². The van der Waals surface area contributed by atoms with E-state index in [1.165, 1.54) is 11.8 Å². The average Bonchev–Trinajstić information content (AvgIpc) is 3.21. The zero-order valence-electron chi connectivity index (χ0n) is 15.3. The first-order valence-corrected chi connectivity index (χ1v) is 10.1. The minimum absolute atomic E-state index is 0.0562. The van der Waals surface area contributed by atoms with Crippen LogP contribution in [0.1, 0.15) is 31.2 Å². The molecule has 7 heteroatoms. The fourth-order valence-corrected chi connectivity index (χ4v) is 4.05. The molecular weight excluding hydrogens is 370 g/mol. The third-order valence-electron chi connectivity index (χ3n) is 4.60. The Morgan fingerprint density at radius 2 is 2.15 bits per heavy atom. The Balaban J connectivity index is 1.67. The van der Waals surface area contributed by atoms with Gasteiger partial charge in [0.25, 0.3) is 0 Å². The number of hydrogen-bond acceptors (Lipinski definition) is 4. The molecule has 1 aliphatic rings. The normalized spacial score (nSPS) is 18.1. The number of rotatable bonds is 6. The highest BCUT2D eigenvalue weighted by molar-refractivity contribution is 8.00. The molecule has 1 aliphatic heterocycles. The van der Waals surface area contributed by atoms with Gasteiger partial charge in [-0.1, -0.05) is 23.4 Å². The molecule has 0 bridgehead atoms. The zero-order valence-corrected chi connectivity index (χ0v) is 16.9. The quantitative estimate of drug-likeness (QED) is 0.736. The van der Waals surface area contributed by atoms with Crippen LogP contribution >= 0.6 is 23.4 Å². The zero-order chi connectivity index (χ0) is 18.7.